The molecule has 19 heavy (non-hydrogen) atoms. The summed E-state index contributed by atoms with van der Waals surface area (Å²) >= 11 is 6.06. The molecule has 1 saturated heterocycles. The Kier molecular flexibility index (Phi) is 3.24. The number of nitrogens with zero attached hydrogens (tertiary/aromatic N) is 2. The van der Waals surface area contributed by atoms with Crippen LogP contribution in [0.3, 0.4) is 0 Å². The number of rotatable bonds is 2. The molecule has 0 N–H and O–H groups in total. The lowest BCUT2D eigenvalue weighted by Gasteiger charge is -2.30. The molecule has 3 rings (SSSR count). The summed E-state index contributed by atoms with van der Waals surface area (Å²) in [4.78, 5) is 7.43. The monoisotopic (exact) mass is 278 g/mol. The first kappa shape index (κ1) is 13.2. The molecule has 0 spiro atoms. The second kappa shape index (κ2) is 4.66. The van der Waals surface area contributed by atoms with Crippen LogP contribution in [0.15, 0.2) is 12.1 Å². The molecule has 2 aliphatic rings. The molecule has 1 aromatic rings. The molecule has 2 fully saturated rings. The maximum Gasteiger partial charge on any atom is 0.129 e. The highest BCUT2D eigenvalue weighted by atomic mass is 35.5. The SMILES string of the molecule is CC(C)(C)c1cc(CCl)cc(N2CC3CCC2C3)n1. The van der Waals surface area contributed by atoms with Gasteiger partial charge in [0.05, 0.1) is 0 Å². The number of hydrogen-bond acceptors (Lipinski definition) is 2. The molecule has 1 aromatic heterocycles. The van der Waals surface area contributed by atoms with Gasteiger partial charge in [0.25, 0.3) is 0 Å². The van der Waals surface area contributed by atoms with E-state index in [4.69, 9.17) is 16.6 Å². The molecule has 2 heterocycles. The molecule has 1 saturated carbocycles. The van der Waals surface area contributed by atoms with Gasteiger partial charge in [0.2, 0.25) is 0 Å². The van der Waals surface area contributed by atoms with Gasteiger partial charge < -0.3 is 4.90 Å². The standard InChI is InChI=1S/C16H23ClN2/c1-16(2,3)14-7-12(9-17)8-15(18-14)19-10-11-4-5-13(19)6-11/h7-8,11,13H,4-6,9-10H2,1-3H3. The summed E-state index contributed by atoms with van der Waals surface area (Å²) in [5.41, 5.74) is 2.43. The molecular formula is C16H23ClN2. The molecule has 2 nitrogen and oxygen atoms in total. The van der Waals surface area contributed by atoms with Crippen LogP contribution in [0.25, 0.3) is 0 Å². The molecule has 104 valence electrons. The number of halogens is 1. The van der Waals surface area contributed by atoms with Crippen LogP contribution in [-0.4, -0.2) is 17.6 Å². The van der Waals surface area contributed by atoms with Gasteiger partial charge in [0.15, 0.2) is 0 Å². The van der Waals surface area contributed by atoms with Gasteiger partial charge in [-0.3, -0.25) is 0 Å². The van der Waals surface area contributed by atoms with Crippen molar-refractivity contribution >= 4 is 17.4 Å². The van der Waals surface area contributed by atoms with E-state index in [-0.39, 0.29) is 5.41 Å². The largest absolute Gasteiger partial charge is 0.353 e. The predicted molar refractivity (Wildman–Crippen MR) is 81.0 cm³/mol. The van der Waals surface area contributed by atoms with Crippen molar-refractivity contribution in [2.24, 2.45) is 5.92 Å². The van der Waals surface area contributed by atoms with E-state index in [1.165, 1.54) is 31.4 Å². The predicted octanol–water partition coefficient (Wildman–Crippen LogP) is 4.11. The van der Waals surface area contributed by atoms with E-state index in [1.807, 2.05) is 0 Å². The highest BCUT2D eigenvalue weighted by Gasteiger charge is 2.38. The molecule has 3 heteroatoms. The molecule has 0 radical (unpaired) electrons. The van der Waals surface area contributed by atoms with Gasteiger partial charge in [-0.15, -0.1) is 11.6 Å². The zero-order valence-electron chi connectivity index (χ0n) is 12.1. The minimum Gasteiger partial charge on any atom is -0.353 e. The summed E-state index contributed by atoms with van der Waals surface area (Å²) in [6.07, 6.45) is 4.10. The molecule has 2 unspecified atom stereocenters. The van der Waals surface area contributed by atoms with E-state index >= 15 is 0 Å². The Balaban J connectivity index is 1.97. The minimum absolute atomic E-state index is 0.0789. The molecule has 0 aromatic carbocycles. The maximum atomic E-state index is 6.06. The summed E-state index contributed by atoms with van der Waals surface area (Å²) in [7, 11) is 0. The molecule has 0 amide bonds. The first-order chi connectivity index (χ1) is 8.97. The summed E-state index contributed by atoms with van der Waals surface area (Å²) in [6.45, 7) is 7.83. The highest BCUT2D eigenvalue weighted by Crippen LogP contribution is 2.40. The van der Waals surface area contributed by atoms with E-state index in [9.17, 15) is 0 Å². The van der Waals surface area contributed by atoms with Crippen LogP contribution in [0.4, 0.5) is 5.82 Å². The van der Waals surface area contributed by atoms with Crippen molar-refractivity contribution in [1.29, 1.82) is 0 Å². The number of fused-ring (bicyclic) bond motifs is 2. The van der Waals surface area contributed by atoms with Gasteiger partial charge in [-0.25, -0.2) is 4.98 Å². The lowest BCUT2D eigenvalue weighted by Crippen LogP contribution is -2.33. The van der Waals surface area contributed by atoms with Crippen molar-refractivity contribution in [2.45, 2.75) is 57.4 Å². The number of aromatic nitrogens is 1. The van der Waals surface area contributed by atoms with Crippen LogP contribution < -0.4 is 4.90 Å². The smallest absolute Gasteiger partial charge is 0.129 e. The van der Waals surface area contributed by atoms with Crippen LogP contribution in [0.5, 0.6) is 0 Å². The Hall–Kier alpha value is -0.760. The maximum absolute atomic E-state index is 6.06. The van der Waals surface area contributed by atoms with Gasteiger partial charge in [-0.05, 0) is 42.9 Å². The topological polar surface area (TPSA) is 16.1 Å². The first-order valence-corrected chi connectivity index (χ1v) is 7.85. The van der Waals surface area contributed by atoms with Gasteiger partial charge in [0.1, 0.15) is 5.82 Å². The molecule has 1 aliphatic carbocycles. The van der Waals surface area contributed by atoms with Crippen LogP contribution in [0.1, 0.15) is 51.3 Å². The average molecular weight is 279 g/mol. The van der Waals surface area contributed by atoms with E-state index in [0.717, 1.165) is 23.5 Å². The van der Waals surface area contributed by atoms with Gasteiger partial charge in [0, 0.05) is 29.6 Å². The fraction of sp³-hybridized carbons (Fsp3) is 0.688. The summed E-state index contributed by atoms with van der Waals surface area (Å²) in [5.74, 6) is 2.61. The molecule has 2 atom stereocenters. The van der Waals surface area contributed by atoms with E-state index in [2.05, 4.69) is 37.8 Å². The number of hydrogen-bond donors (Lipinski definition) is 0. The lowest BCUT2D eigenvalue weighted by atomic mass is 9.91. The Labute approximate surface area is 121 Å². The van der Waals surface area contributed by atoms with Crippen LogP contribution in [0, 0.1) is 5.92 Å². The summed E-state index contributed by atoms with van der Waals surface area (Å²) in [6, 6.07) is 5.06. The Bertz CT molecular complexity index is 478. The summed E-state index contributed by atoms with van der Waals surface area (Å²) in [5, 5.41) is 0. The fourth-order valence-electron chi connectivity index (χ4n) is 3.38. The molecular weight excluding hydrogens is 256 g/mol. The number of alkyl halides is 1. The third kappa shape index (κ3) is 2.47. The van der Waals surface area contributed by atoms with E-state index in [1.54, 1.807) is 0 Å². The van der Waals surface area contributed by atoms with Crippen molar-refractivity contribution in [1.82, 2.24) is 4.98 Å². The van der Waals surface area contributed by atoms with Crippen LogP contribution >= 0.6 is 11.6 Å². The quantitative estimate of drug-likeness (QED) is 0.757. The summed E-state index contributed by atoms with van der Waals surface area (Å²) < 4.78 is 0. The molecule has 2 bridgehead atoms. The third-order valence-corrected chi connectivity index (χ3v) is 4.81. The zero-order chi connectivity index (χ0) is 13.6. The van der Waals surface area contributed by atoms with Gasteiger partial charge in [-0.2, -0.15) is 0 Å². The fourth-order valence-corrected chi connectivity index (χ4v) is 3.54. The van der Waals surface area contributed by atoms with Gasteiger partial charge >= 0.3 is 0 Å². The van der Waals surface area contributed by atoms with Crippen molar-refractivity contribution in [2.75, 3.05) is 11.4 Å². The first-order valence-electron chi connectivity index (χ1n) is 7.31. The van der Waals surface area contributed by atoms with Gasteiger partial charge in [-0.1, -0.05) is 20.8 Å². The lowest BCUT2D eigenvalue weighted by molar-refractivity contribution is 0.541. The number of pyridine rings is 1. The normalized spacial score (nSPS) is 26.2. The second-order valence-corrected chi connectivity index (χ2v) is 7.35. The van der Waals surface area contributed by atoms with Crippen molar-refractivity contribution < 1.29 is 0 Å². The minimum atomic E-state index is 0.0789. The Morgan fingerprint density at radius 2 is 2.11 bits per heavy atom. The molecule has 1 aliphatic heterocycles. The second-order valence-electron chi connectivity index (χ2n) is 7.09. The van der Waals surface area contributed by atoms with E-state index in [0.29, 0.717) is 5.88 Å². The van der Waals surface area contributed by atoms with Crippen LogP contribution in [-0.2, 0) is 11.3 Å². The zero-order valence-corrected chi connectivity index (χ0v) is 12.9. The average Bonchev–Trinajstić information content (AvgIpc) is 2.99. The van der Waals surface area contributed by atoms with Crippen molar-refractivity contribution in [3.63, 3.8) is 0 Å². The van der Waals surface area contributed by atoms with E-state index < -0.39 is 0 Å². The Morgan fingerprint density at radius 3 is 2.63 bits per heavy atom. The van der Waals surface area contributed by atoms with Crippen molar-refractivity contribution in [3.8, 4) is 0 Å². The van der Waals surface area contributed by atoms with Crippen LogP contribution in [0.2, 0.25) is 0 Å². The Morgan fingerprint density at radius 1 is 1.32 bits per heavy atom. The third-order valence-electron chi connectivity index (χ3n) is 4.50. The number of anilines is 1. The highest BCUT2D eigenvalue weighted by molar-refractivity contribution is 6.17. The number of piperidine rings is 1. The van der Waals surface area contributed by atoms with Crippen molar-refractivity contribution in [3.05, 3.63) is 23.4 Å².